The average Bonchev–Trinajstić information content (AvgIpc) is 2.59. The zero-order valence-corrected chi connectivity index (χ0v) is 12.4. The van der Waals surface area contributed by atoms with Gasteiger partial charge >= 0.3 is 0 Å². The van der Waals surface area contributed by atoms with E-state index in [1.165, 1.54) is 23.1 Å². The molecule has 0 saturated carbocycles. The minimum atomic E-state index is 0.294. The molecule has 1 atom stereocenters. The molecular weight excluding hydrogens is 234 g/mol. The van der Waals surface area contributed by atoms with Gasteiger partial charge in [0.25, 0.3) is 0 Å². The molecule has 0 aliphatic carbocycles. The van der Waals surface area contributed by atoms with Gasteiger partial charge in [0.1, 0.15) is 0 Å². The summed E-state index contributed by atoms with van der Waals surface area (Å²) in [4.78, 5) is 14.5. The zero-order chi connectivity index (χ0) is 13.8. The van der Waals surface area contributed by atoms with Crippen LogP contribution in [0, 0.1) is 19.8 Å². The fourth-order valence-corrected chi connectivity index (χ4v) is 2.78. The van der Waals surface area contributed by atoms with Crippen LogP contribution in [0.2, 0.25) is 0 Å². The molecule has 2 rings (SSSR count). The summed E-state index contributed by atoms with van der Waals surface area (Å²) in [7, 11) is 0. The summed E-state index contributed by atoms with van der Waals surface area (Å²) in [6.45, 7) is 8.34. The van der Waals surface area contributed by atoms with Gasteiger partial charge < -0.3 is 4.90 Å². The van der Waals surface area contributed by atoms with Crippen molar-refractivity contribution in [1.29, 1.82) is 0 Å². The second-order valence-corrected chi connectivity index (χ2v) is 6.02. The van der Waals surface area contributed by atoms with E-state index in [-0.39, 0.29) is 0 Å². The Morgan fingerprint density at radius 1 is 1.26 bits per heavy atom. The standard InChI is InChI=1S/C17H25NO/c1-13-5-4-9-18(10-8-13)17(19)12-16-11-14(2)6-7-15(16)3/h6-7,11,13H,4-5,8-10,12H2,1-3H3. The van der Waals surface area contributed by atoms with Crippen molar-refractivity contribution in [3.8, 4) is 0 Å². The molecule has 1 aliphatic heterocycles. The monoisotopic (exact) mass is 259 g/mol. The normalized spacial score (nSPS) is 20.2. The highest BCUT2D eigenvalue weighted by atomic mass is 16.2. The molecule has 2 nitrogen and oxygen atoms in total. The predicted octanol–water partition coefficient (Wildman–Crippen LogP) is 3.49. The number of amides is 1. The van der Waals surface area contributed by atoms with E-state index in [0.29, 0.717) is 12.3 Å². The summed E-state index contributed by atoms with van der Waals surface area (Å²) in [5.41, 5.74) is 3.64. The molecule has 1 amide bonds. The summed E-state index contributed by atoms with van der Waals surface area (Å²) < 4.78 is 0. The van der Waals surface area contributed by atoms with Crippen molar-refractivity contribution in [3.05, 3.63) is 34.9 Å². The lowest BCUT2D eigenvalue weighted by molar-refractivity contribution is -0.130. The molecule has 0 radical (unpaired) electrons. The first-order valence-corrected chi connectivity index (χ1v) is 7.40. The Labute approximate surface area is 116 Å². The van der Waals surface area contributed by atoms with Crippen LogP contribution < -0.4 is 0 Å². The second-order valence-electron chi connectivity index (χ2n) is 6.02. The number of carbonyl (C=O) groups is 1. The van der Waals surface area contributed by atoms with Crippen molar-refractivity contribution >= 4 is 5.91 Å². The minimum Gasteiger partial charge on any atom is -0.342 e. The summed E-state index contributed by atoms with van der Waals surface area (Å²) in [6.07, 6.45) is 4.12. The van der Waals surface area contributed by atoms with Gasteiger partial charge in [-0.3, -0.25) is 4.79 Å². The number of aryl methyl sites for hydroxylation is 2. The van der Waals surface area contributed by atoms with E-state index in [1.54, 1.807) is 0 Å². The first kappa shape index (κ1) is 14.1. The molecule has 0 aromatic heterocycles. The molecule has 104 valence electrons. The lowest BCUT2D eigenvalue weighted by atomic mass is 10.0. The molecule has 0 bridgehead atoms. The van der Waals surface area contributed by atoms with E-state index >= 15 is 0 Å². The van der Waals surface area contributed by atoms with Gasteiger partial charge in [-0.25, -0.2) is 0 Å². The van der Waals surface area contributed by atoms with E-state index in [1.807, 2.05) is 0 Å². The van der Waals surface area contributed by atoms with Crippen LogP contribution in [0.3, 0.4) is 0 Å². The SMILES string of the molecule is Cc1ccc(C)c(CC(=O)N2CCCC(C)CC2)c1. The van der Waals surface area contributed by atoms with E-state index in [4.69, 9.17) is 0 Å². The van der Waals surface area contributed by atoms with Crippen LogP contribution in [-0.2, 0) is 11.2 Å². The lowest BCUT2D eigenvalue weighted by Gasteiger charge is -2.21. The number of hydrogen-bond donors (Lipinski definition) is 0. The third kappa shape index (κ3) is 3.82. The largest absolute Gasteiger partial charge is 0.342 e. The van der Waals surface area contributed by atoms with Gasteiger partial charge in [0.05, 0.1) is 6.42 Å². The van der Waals surface area contributed by atoms with Gasteiger partial charge in [-0.1, -0.05) is 30.7 Å². The number of carbonyl (C=O) groups excluding carboxylic acids is 1. The molecule has 1 heterocycles. The molecule has 0 N–H and O–H groups in total. The van der Waals surface area contributed by atoms with Crippen LogP contribution in [0.25, 0.3) is 0 Å². The van der Waals surface area contributed by atoms with E-state index in [0.717, 1.165) is 31.8 Å². The summed E-state index contributed by atoms with van der Waals surface area (Å²) in [6, 6.07) is 6.37. The van der Waals surface area contributed by atoms with Crippen LogP contribution in [0.4, 0.5) is 0 Å². The Morgan fingerprint density at radius 2 is 2.05 bits per heavy atom. The topological polar surface area (TPSA) is 20.3 Å². The van der Waals surface area contributed by atoms with Gasteiger partial charge in [0.2, 0.25) is 5.91 Å². The second kappa shape index (κ2) is 6.23. The molecular formula is C17H25NO. The maximum Gasteiger partial charge on any atom is 0.226 e. The number of hydrogen-bond acceptors (Lipinski definition) is 1. The van der Waals surface area contributed by atoms with Crippen LogP contribution in [0.5, 0.6) is 0 Å². The predicted molar refractivity (Wildman–Crippen MR) is 79.2 cm³/mol. The van der Waals surface area contributed by atoms with Crippen molar-refractivity contribution in [3.63, 3.8) is 0 Å². The molecule has 2 heteroatoms. The summed E-state index contributed by atoms with van der Waals surface area (Å²) in [5, 5.41) is 0. The highest BCUT2D eigenvalue weighted by Crippen LogP contribution is 2.18. The molecule has 1 saturated heterocycles. The fourth-order valence-electron chi connectivity index (χ4n) is 2.78. The molecule has 19 heavy (non-hydrogen) atoms. The van der Waals surface area contributed by atoms with Crippen LogP contribution in [0.1, 0.15) is 42.9 Å². The molecule has 1 aromatic carbocycles. The van der Waals surface area contributed by atoms with Gasteiger partial charge in [0.15, 0.2) is 0 Å². The molecule has 1 aromatic rings. The van der Waals surface area contributed by atoms with Crippen molar-refractivity contribution < 1.29 is 4.79 Å². The quantitative estimate of drug-likeness (QED) is 0.796. The van der Waals surface area contributed by atoms with Crippen molar-refractivity contribution in [1.82, 2.24) is 4.90 Å². The third-order valence-electron chi connectivity index (χ3n) is 4.22. The first-order valence-electron chi connectivity index (χ1n) is 7.40. The van der Waals surface area contributed by atoms with Crippen molar-refractivity contribution in [2.75, 3.05) is 13.1 Å². The van der Waals surface area contributed by atoms with Crippen LogP contribution in [0.15, 0.2) is 18.2 Å². The number of nitrogens with zero attached hydrogens (tertiary/aromatic N) is 1. The van der Waals surface area contributed by atoms with E-state index in [2.05, 4.69) is 43.9 Å². The Bertz CT molecular complexity index is 453. The van der Waals surface area contributed by atoms with Gasteiger partial charge in [0, 0.05) is 13.1 Å². The van der Waals surface area contributed by atoms with Crippen molar-refractivity contribution in [2.24, 2.45) is 5.92 Å². The lowest BCUT2D eigenvalue weighted by Crippen LogP contribution is -2.33. The smallest absolute Gasteiger partial charge is 0.226 e. The summed E-state index contributed by atoms with van der Waals surface area (Å²) >= 11 is 0. The van der Waals surface area contributed by atoms with Gasteiger partial charge in [-0.2, -0.15) is 0 Å². The fraction of sp³-hybridized carbons (Fsp3) is 0.588. The van der Waals surface area contributed by atoms with Crippen molar-refractivity contribution in [2.45, 2.75) is 46.5 Å². The Hall–Kier alpha value is -1.31. The van der Waals surface area contributed by atoms with E-state index in [9.17, 15) is 4.79 Å². The highest BCUT2D eigenvalue weighted by Gasteiger charge is 2.19. The molecule has 1 fully saturated rings. The Kier molecular flexibility index (Phi) is 4.62. The number of benzene rings is 1. The maximum absolute atomic E-state index is 12.4. The summed E-state index contributed by atoms with van der Waals surface area (Å²) in [5.74, 6) is 1.06. The third-order valence-corrected chi connectivity index (χ3v) is 4.22. The maximum atomic E-state index is 12.4. The van der Waals surface area contributed by atoms with Crippen LogP contribution >= 0.6 is 0 Å². The number of rotatable bonds is 2. The Balaban J connectivity index is 2.02. The van der Waals surface area contributed by atoms with E-state index < -0.39 is 0 Å². The molecule has 1 aliphatic rings. The first-order chi connectivity index (χ1) is 9.06. The zero-order valence-electron chi connectivity index (χ0n) is 12.4. The minimum absolute atomic E-state index is 0.294. The van der Waals surface area contributed by atoms with Gasteiger partial charge in [-0.05, 0) is 50.2 Å². The average molecular weight is 259 g/mol. The molecule has 1 unspecified atom stereocenters. The van der Waals surface area contributed by atoms with Crippen LogP contribution in [-0.4, -0.2) is 23.9 Å². The highest BCUT2D eigenvalue weighted by molar-refractivity contribution is 5.79. The van der Waals surface area contributed by atoms with Gasteiger partial charge in [-0.15, -0.1) is 0 Å². The molecule has 0 spiro atoms. The Morgan fingerprint density at radius 3 is 2.84 bits per heavy atom. The number of likely N-dealkylation sites (tertiary alicyclic amines) is 1.